The Morgan fingerprint density at radius 1 is 1.26 bits per heavy atom. The Kier molecular flexibility index (Phi) is 6.44. The number of aryl methyl sites for hydroxylation is 1. The summed E-state index contributed by atoms with van der Waals surface area (Å²) >= 11 is 0. The first kappa shape index (κ1) is 17.3. The fourth-order valence-corrected chi connectivity index (χ4v) is 3.00. The van der Waals surface area contributed by atoms with Crippen LogP contribution in [-0.4, -0.2) is 43.5 Å². The highest BCUT2D eigenvalue weighted by Crippen LogP contribution is 2.21. The third-order valence-electron chi connectivity index (χ3n) is 4.35. The number of ether oxygens (including phenoxy) is 1. The van der Waals surface area contributed by atoms with Crippen molar-refractivity contribution in [1.82, 2.24) is 10.2 Å². The van der Waals surface area contributed by atoms with E-state index in [1.165, 1.54) is 0 Å². The van der Waals surface area contributed by atoms with Crippen LogP contribution in [0.3, 0.4) is 0 Å². The highest BCUT2D eigenvalue weighted by atomic mass is 16.5. The quantitative estimate of drug-likeness (QED) is 0.873. The number of hydrogen-bond donors (Lipinski definition) is 1. The lowest BCUT2D eigenvalue weighted by atomic mass is 9.95. The van der Waals surface area contributed by atoms with Crippen LogP contribution in [0, 0.1) is 5.92 Å². The standard InChI is InChI=1S/C18H26N2O3/c1-3-23-16-7-5-4-6-14(16)8-9-17(21)20-12-10-15(11-13-20)18(22)19-2/h4-7,15H,3,8-13H2,1-2H3,(H,19,22). The molecule has 5 nitrogen and oxygen atoms in total. The van der Waals surface area contributed by atoms with Gasteiger partial charge in [0.2, 0.25) is 11.8 Å². The molecule has 0 bridgehead atoms. The molecule has 126 valence electrons. The first-order valence-corrected chi connectivity index (χ1v) is 8.35. The van der Waals surface area contributed by atoms with Crippen molar-refractivity contribution in [2.75, 3.05) is 26.7 Å². The van der Waals surface area contributed by atoms with Crippen molar-refractivity contribution in [3.05, 3.63) is 29.8 Å². The van der Waals surface area contributed by atoms with Crippen LogP contribution >= 0.6 is 0 Å². The minimum Gasteiger partial charge on any atom is -0.494 e. The number of para-hydroxylation sites is 1. The second-order valence-electron chi connectivity index (χ2n) is 5.81. The summed E-state index contributed by atoms with van der Waals surface area (Å²) in [5.41, 5.74) is 1.07. The second-order valence-corrected chi connectivity index (χ2v) is 5.81. The van der Waals surface area contributed by atoms with Crippen LogP contribution in [0.2, 0.25) is 0 Å². The molecule has 23 heavy (non-hydrogen) atoms. The summed E-state index contributed by atoms with van der Waals surface area (Å²) in [5.74, 6) is 1.15. The fraction of sp³-hybridized carbons (Fsp3) is 0.556. The maximum absolute atomic E-state index is 12.4. The van der Waals surface area contributed by atoms with Crippen LogP contribution in [-0.2, 0) is 16.0 Å². The number of nitrogens with zero attached hydrogens (tertiary/aromatic N) is 1. The number of amides is 2. The van der Waals surface area contributed by atoms with Gasteiger partial charge in [-0.25, -0.2) is 0 Å². The maximum Gasteiger partial charge on any atom is 0.222 e. The number of carbonyl (C=O) groups is 2. The van der Waals surface area contributed by atoms with Gasteiger partial charge in [-0.3, -0.25) is 9.59 Å². The van der Waals surface area contributed by atoms with E-state index in [2.05, 4.69) is 5.32 Å². The number of rotatable bonds is 6. The van der Waals surface area contributed by atoms with E-state index in [0.717, 1.165) is 24.2 Å². The summed E-state index contributed by atoms with van der Waals surface area (Å²) in [6.07, 6.45) is 2.67. The Morgan fingerprint density at radius 2 is 1.96 bits per heavy atom. The molecule has 1 aliphatic rings. The van der Waals surface area contributed by atoms with Crippen LogP contribution in [0.25, 0.3) is 0 Å². The van der Waals surface area contributed by atoms with Gasteiger partial charge in [-0.2, -0.15) is 0 Å². The van der Waals surface area contributed by atoms with E-state index in [1.54, 1.807) is 7.05 Å². The molecule has 2 amide bonds. The molecule has 0 radical (unpaired) electrons. The van der Waals surface area contributed by atoms with Gasteiger partial charge in [-0.05, 0) is 37.8 Å². The monoisotopic (exact) mass is 318 g/mol. The molecular weight excluding hydrogens is 292 g/mol. The third-order valence-corrected chi connectivity index (χ3v) is 4.35. The summed E-state index contributed by atoms with van der Waals surface area (Å²) in [6.45, 7) is 3.92. The summed E-state index contributed by atoms with van der Waals surface area (Å²) in [5, 5.41) is 2.69. The summed E-state index contributed by atoms with van der Waals surface area (Å²) in [7, 11) is 1.66. The predicted molar refractivity (Wildman–Crippen MR) is 89.3 cm³/mol. The molecule has 0 spiro atoms. The number of nitrogens with one attached hydrogen (secondary N) is 1. The van der Waals surface area contributed by atoms with Gasteiger partial charge >= 0.3 is 0 Å². The third kappa shape index (κ3) is 4.71. The van der Waals surface area contributed by atoms with Crippen LogP contribution in [0.4, 0.5) is 0 Å². The number of likely N-dealkylation sites (tertiary alicyclic amines) is 1. The van der Waals surface area contributed by atoms with E-state index in [1.807, 2.05) is 36.1 Å². The average Bonchev–Trinajstić information content (AvgIpc) is 2.60. The molecule has 0 aliphatic carbocycles. The van der Waals surface area contributed by atoms with E-state index in [9.17, 15) is 9.59 Å². The fourth-order valence-electron chi connectivity index (χ4n) is 3.00. The molecule has 0 unspecified atom stereocenters. The topological polar surface area (TPSA) is 58.6 Å². The van der Waals surface area contributed by atoms with Gasteiger partial charge in [0.1, 0.15) is 5.75 Å². The molecule has 2 rings (SSSR count). The van der Waals surface area contributed by atoms with Crippen molar-refractivity contribution < 1.29 is 14.3 Å². The second kappa shape index (κ2) is 8.56. The zero-order chi connectivity index (χ0) is 16.7. The van der Waals surface area contributed by atoms with Gasteiger partial charge in [0.25, 0.3) is 0 Å². The first-order chi connectivity index (χ1) is 11.2. The summed E-state index contributed by atoms with van der Waals surface area (Å²) in [6, 6.07) is 7.87. The molecule has 5 heteroatoms. The molecule has 0 aromatic heterocycles. The Hall–Kier alpha value is -2.04. The highest BCUT2D eigenvalue weighted by molar-refractivity contribution is 5.80. The van der Waals surface area contributed by atoms with E-state index in [4.69, 9.17) is 4.74 Å². The van der Waals surface area contributed by atoms with Gasteiger partial charge in [-0.1, -0.05) is 18.2 Å². The van der Waals surface area contributed by atoms with Crippen LogP contribution in [0.15, 0.2) is 24.3 Å². The largest absolute Gasteiger partial charge is 0.494 e. The van der Waals surface area contributed by atoms with Gasteiger partial charge in [0, 0.05) is 32.5 Å². The number of carbonyl (C=O) groups excluding carboxylic acids is 2. The van der Waals surface area contributed by atoms with E-state index in [0.29, 0.717) is 32.5 Å². The van der Waals surface area contributed by atoms with Crippen LogP contribution in [0.5, 0.6) is 5.75 Å². The summed E-state index contributed by atoms with van der Waals surface area (Å²) in [4.78, 5) is 25.9. The lowest BCUT2D eigenvalue weighted by Gasteiger charge is -2.31. The molecule has 0 atom stereocenters. The zero-order valence-electron chi connectivity index (χ0n) is 14.0. The SMILES string of the molecule is CCOc1ccccc1CCC(=O)N1CCC(C(=O)NC)CC1. The van der Waals surface area contributed by atoms with Crippen molar-refractivity contribution in [3.63, 3.8) is 0 Å². The minimum absolute atomic E-state index is 0.0442. The Balaban J connectivity index is 1.83. The predicted octanol–water partition coefficient (Wildman–Crippen LogP) is 2.00. The van der Waals surface area contributed by atoms with Crippen molar-refractivity contribution in [3.8, 4) is 5.75 Å². The first-order valence-electron chi connectivity index (χ1n) is 8.35. The van der Waals surface area contributed by atoms with E-state index >= 15 is 0 Å². The molecular formula is C18H26N2O3. The van der Waals surface area contributed by atoms with Crippen LogP contribution < -0.4 is 10.1 Å². The number of hydrogen-bond acceptors (Lipinski definition) is 3. The minimum atomic E-state index is 0.0442. The van der Waals surface area contributed by atoms with Crippen molar-refractivity contribution in [2.45, 2.75) is 32.6 Å². The summed E-state index contributed by atoms with van der Waals surface area (Å²) < 4.78 is 5.60. The Bertz CT molecular complexity index is 537. The normalized spacial score (nSPS) is 15.3. The molecule has 1 N–H and O–H groups in total. The molecule has 1 saturated heterocycles. The van der Waals surface area contributed by atoms with Gasteiger partial charge in [0.15, 0.2) is 0 Å². The maximum atomic E-state index is 12.4. The highest BCUT2D eigenvalue weighted by Gasteiger charge is 2.26. The smallest absolute Gasteiger partial charge is 0.222 e. The molecule has 1 aromatic rings. The lowest BCUT2D eigenvalue weighted by Crippen LogP contribution is -2.42. The van der Waals surface area contributed by atoms with Crippen molar-refractivity contribution in [1.29, 1.82) is 0 Å². The molecule has 1 aliphatic heterocycles. The lowest BCUT2D eigenvalue weighted by molar-refractivity contribution is -0.135. The molecule has 1 heterocycles. The Morgan fingerprint density at radius 3 is 2.61 bits per heavy atom. The van der Waals surface area contributed by atoms with Gasteiger partial charge in [0.05, 0.1) is 6.61 Å². The molecule has 1 aromatic carbocycles. The van der Waals surface area contributed by atoms with Crippen molar-refractivity contribution in [2.24, 2.45) is 5.92 Å². The molecule has 1 fully saturated rings. The number of benzene rings is 1. The zero-order valence-corrected chi connectivity index (χ0v) is 14.0. The van der Waals surface area contributed by atoms with Crippen LogP contribution in [0.1, 0.15) is 31.7 Å². The Labute approximate surface area is 138 Å². The number of piperidine rings is 1. The average molecular weight is 318 g/mol. The van der Waals surface area contributed by atoms with Crippen molar-refractivity contribution >= 4 is 11.8 Å². The van der Waals surface area contributed by atoms with Gasteiger partial charge < -0.3 is 15.0 Å². The van der Waals surface area contributed by atoms with E-state index < -0.39 is 0 Å². The molecule has 0 saturated carbocycles. The van der Waals surface area contributed by atoms with Gasteiger partial charge in [-0.15, -0.1) is 0 Å². The van der Waals surface area contributed by atoms with E-state index in [-0.39, 0.29) is 17.7 Å².